The molecule has 0 unspecified atom stereocenters. The molecule has 0 atom stereocenters. The summed E-state index contributed by atoms with van der Waals surface area (Å²) in [5.41, 5.74) is 5.53. The molecular weight excluding hydrogens is 358 g/mol. The van der Waals surface area contributed by atoms with Gasteiger partial charge in [-0.25, -0.2) is 9.98 Å². The van der Waals surface area contributed by atoms with Gasteiger partial charge in [0.1, 0.15) is 5.82 Å². The van der Waals surface area contributed by atoms with Crippen LogP contribution in [0.15, 0.2) is 29.4 Å². The normalized spacial score (nSPS) is 17.5. The van der Waals surface area contributed by atoms with E-state index in [2.05, 4.69) is 45.4 Å². The molecule has 0 radical (unpaired) electrons. The van der Waals surface area contributed by atoms with E-state index in [1.807, 2.05) is 6.92 Å². The standard InChI is InChI=1S/C24H35N5/c1-4-20-19(10-6-9-16-28-14-7-5-8-15-28)11-12-21-22(20)27-24(26-18(2)3)29-17-13-25-23(21)29/h11-12,25H,2,4-10,13-17H2,1,3H3. The lowest BCUT2D eigenvalue weighted by molar-refractivity contribution is 0.225. The first-order chi connectivity index (χ1) is 14.2. The molecule has 5 heteroatoms. The number of unbranched alkanes of at least 4 members (excludes halogenated alkanes) is 1. The van der Waals surface area contributed by atoms with Crippen LogP contribution in [0.3, 0.4) is 0 Å². The van der Waals surface area contributed by atoms with Crippen molar-refractivity contribution in [3.63, 3.8) is 0 Å². The van der Waals surface area contributed by atoms with E-state index in [4.69, 9.17) is 4.98 Å². The molecule has 0 bridgehead atoms. The average molecular weight is 394 g/mol. The Bertz CT molecular complexity index is 950. The number of aromatic nitrogens is 2. The van der Waals surface area contributed by atoms with E-state index >= 15 is 0 Å². The molecule has 2 aromatic rings. The highest BCUT2D eigenvalue weighted by Gasteiger charge is 2.18. The van der Waals surface area contributed by atoms with Gasteiger partial charge in [-0.3, -0.25) is 4.57 Å². The Morgan fingerprint density at radius 2 is 2.00 bits per heavy atom. The maximum Gasteiger partial charge on any atom is 0.231 e. The smallest absolute Gasteiger partial charge is 0.231 e. The van der Waals surface area contributed by atoms with Gasteiger partial charge < -0.3 is 10.2 Å². The van der Waals surface area contributed by atoms with Crippen LogP contribution in [0.5, 0.6) is 0 Å². The minimum Gasteiger partial charge on any atom is -0.369 e. The number of likely N-dealkylation sites (tertiary alicyclic amines) is 1. The topological polar surface area (TPSA) is 45.5 Å². The van der Waals surface area contributed by atoms with Crippen LogP contribution in [0.4, 0.5) is 5.82 Å². The van der Waals surface area contributed by atoms with Crippen molar-refractivity contribution < 1.29 is 0 Å². The Hall–Kier alpha value is -2.14. The van der Waals surface area contributed by atoms with Gasteiger partial charge in [-0.15, -0.1) is 0 Å². The summed E-state index contributed by atoms with van der Waals surface area (Å²) in [6.07, 6.45) is 8.84. The Labute approximate surface area is 174 Å². The molecule has 1 saturated heterocycles. The molecule has 1 aromatic heterocycles. The Kier molecular flexibility index (Phi) is 6.34. The molecule has 3 heterocycles. The first kappa shape index (κ1) is 20.1. The van der Waals surface area contributed by atoms with Crippen molar-refractivity contribution in [1.29, 1.82) is 0 Å². The number of aryl methyl sites for hydroxylation is 2. The van der Waals surface area contributed by atoms with Gasteiger partial charge in [-0.05, 0) is 82.3 Å². The Balaban J connectivity index is 1.58. The molecule has 2 aliphatic heterocycles. The van der Waals surface area contributed by atoms with Crippen LogP contribution in [0, 0.1) is 0 Å². The highest BCUT2D eigenvalue weighted by Crippen LogP contribution is 2.29. The molecule has 29 heavy (non-hydrogen) atoms. The molecule has 2 aliphatic rings. The number of fused-ring (bicyclic) bond motifs is 3. The van der Waals surface area contributed by atoms with Gasteiger partial charge in [0.2, 0.25) is 5.62 Å². The Morgan fingerprint density at radius 1 is 1.17 bits per heavy atom. The monoisotopic (exact) mass is 393 g/mol. The number of hydrogen-bond donors (Lipinski definition) is 1. The summed E-state index contributed by atoms with van der Waals surface area (Å²) in [7, 11) is 0. The van der Waals surface area contributed by atoms with Crippen molar-refractivity contribution in [3.05, 3.63) is 41.2 Å². The second-order valence-electron chi connectivity index (χ2n) is 8.50. The zero-order chi connectivity index (χ0) is 20.2. The number of hydrogen-bond acceptors (Lipinski definition) is 4. The average Bonchev–Trinajstić information content (AvgIpc) is 3.22. The van der Waals surface area contributed by atoms with Crippen molar-refractivity contribution in [2.45, 2.75) is 65.3 Å². The third-order valence-electron chi connectivity index (χ3n) is 6.25. The number of allylic oxidation sites excluding steroid dienone is 1. The van der Waals surface area contributed by atoms with E-state index in [0.29, 0.717) is 0 Å². The van der Waals surface area contributed by atoms with E-state index < -0.39 is 0 Å². The summed E-state index contributed by atoms with van der Waals surface area (Å²) in [6, 6.07) is 4.59. The van der Waals surface area contributed by atoms with Crippen molar-refractivity contribution in [2.75, 3.05) is 31.5 Å². The largest absolute Gasteiger partial charge is 0.369 e. The van der Waals surface area contributed by atoms with Crippen LogP contribution in [0.2, 0.25) is 0 Å². The van der Waals surface area contributed by atoms with E-state index in [1.165, 1.54) is 68.3 Å². The molecule has 156 valence electrons. The highest BCUT2D eigenvalue weighted by atomic mass is 15.2. The predicted octanol–water partition coefficient (Wildman–Crippen LogP) is 4.27. The Morgan fingerprint density at radius 3 is 2.76 bits per heavy atom. The van der Waals surface area contributed by atoms with Gasteiger partial charge in [0.15, 0.2) is 0 Å². The van der Waals surface area contributed by atoms with E-state index in [-0.39, 0.29) is 0 Å². The van der Waals surface area contributed by atoms with Crippen LogP contribution in [-0.2, 0) is 19.4 Å². The lowest BCUT2D eigenvalue weighted by Gasteiger charge is -2.26. The second-order valence-corrected chi connectivity index (χ2v) is 8.50. The first-order valence-electron chi connectivity index (χ1n) is 11.4. The van der Waals surface area contributed by atoms with Crippen molar-refractivity contribution in [1.82, 2.24) is 14.5 Å². The molecule has 0 aliphatic carbocycles. The maximum atomic E-state index is 5.01. The number of nitrogens with one attached hydrogen (secondary N) is 1. The fourth-order valence-corrected chi connectivity index (χ4v) is 4.81. The van der Waals surface area contributed by atoms with Crippen LogP contribution < -0.4 is 10.9 Å². The summed E-state index contributed by atoms with van der Waals surface area (Å²) in [4.78, 5) is 12.3. The number of piperidine rings is 1. The van der Waals surface area contributed by atoms with E-state index in [1.54, 1.807) is 0 Å². The number of anilines is 1. The number of nitrogens with zero attached hydrogens (tertiary/aromatic N) is 4. The van der Waals surface area contributed by atoms with E-state index in [9.17, 15) is 0 Å². The molecule has 5 nitrogen and oxygen atoms in total. The number of rotatable bonds is 7. The molecule has 1 N–H and O–H groups in total. The van der Waals surface area contributed by atoms with Crippen LogP contribution in [-0.4, -0.2) is 40.6 Å². The molecule has 0 saturated carbocycles. The first-order valence-corrected chi connectivity index (χ1v) is 11.4. The zero-order valence-corrected chi connectivity index (χ0v) is 18.1. The van der Waals surface area contributed by atoms with Crippen LogP contribution in [0.25, 0.3) is 10.9 Å². The van der Waals surface area contributed by atoms with Crippen LogP contribution >= 0.6 is 0 Å². The van der Waals surface area contributed by atoms with Gasteiger partial charge in [0.05, 0.1) is 5.52 Å². The molecular formula is C24H35N5. The lowest BCUT2D eigenvalue weighted by Crippen LogP contribution is -2.30. The van der Waals surface area contributed by atoms with E-state index in [0.717, 1.165) is 48.6 Å². The highest BCUT2D eigenvalue weighted by molar-refractivity contribution is 5.92. The summed E-state index contributed by atoms with van der Waals surface area (Å²) in [6.45, 7) is 13.8. The van der Waals surface area contributed by atoms with Crippen molar-refractivity contribution in [3.8, 4) is 0 Å². The fourth-order valence-electron chi connectivity index (χ4n) is 4.81. The number of benzene rings is 1. The van der Waals surface area contributed by atoms with Gasteiger partial charge in [0, 0.05) is 24.2 Å². The second kappa shape index (κ2) is 9.12. The molecule has 4 rings (SSSR count). The third kappa shape index (κ3) is 4.40. The minimum absolute atomic E-state index is 0.780. The predicted molar refractivity (Wildman–Crippen MR) is 121 cm³/mol. The maximum absolute atomic E-state index is 5.01. The SMILES string of the molecule is C=C(C)N=c1nc2c(CC)c(CCCCN3CCCCC3)ccc2c2n1CCN2. The van der Waals surface area contributed by atoms with Gasteiger partial charge in [0.25, 0.3) is 0 Å². The van der Waals surface area contributed by atoms with Gasteiger partial charge in [-0.2, -0.15) is 0 Å². The molecule has 1 fully saturated rings. The summed E-state index contributed by atoms with van der Waals surface area (Å²) >= 11 is 0. The molecule has 0 spiro atoms. The van der Waals surface area contributed by atoms with Gasteiger partial charge in [-0.1, -0.05) is 26.0 Å². The molecule has 0 amide bonds. The van der Waals surface area contributed by atoms with Gasteiger partial charge >= 0.3 is 0 Å². The summed E-state index contributed by atoms with van der Waals surface area (Å²) in [5, 5.41) is 4.76. The van der Waals surface area contributed by atoms with Crippen LogP contribution in [0.1, 0.15) is 57.1 Å². The third-order valence-corrected chi connectivity index (χ3v) is 6.25. The lowest BCUT2D eigenvalue weighted by atomic mass is 9.97. The van der Waals surface area contributed by atoms with Crippen molar-refractivity contribution >= 4 is 16.7 Å². The van der Waals surface area contributed by atoms with Crippen molar-refractivity contribution in [2.24, 2.45) is 4.99 Å². The fraction of sp³-hybridized carbons (Fsp3) is 0.583. The summed E-state index contributed by atoms with van der Waals surface area (Å²) < 4.78 is 2.19. The zero-order valence-electron chi connectivity index (χ0n) is 18.1. The molecule has 1 aromatic carbocycles. The summed E-state index contributed by atoms with van der Waals surface area (Å²) in [5.74, 6) is 1.15. The minimum atomic E-state index is 0.780. The quantitative estimate of drug-likeness (QED) is 0.715.